The van der Waals surface area contributed by atoms with Crippen LogP contribution in [0.15, 0.2) is 24.3 Å². The molecule has 4 heteroatoms. The largest absolute Gasteiger partial charge is 0.494 e. The number of aryl methyl sites for hydroxylation is 1. The first-order valence-corrected chi connectivity index (χ1v) is 6.77. The first-order chi connectivity index (χ1) is 9.22. The second kappa shape index (κ2) is 9.39. The Hall–Kier alpha value is -1.55. The summed E-state index contributed by atoms with van der Waals surface area (Å²) in [4.78, 5) is 10.4. The standard InChI is InChI=1S/C15H22O4/c16-11-3-1-2-4-12-19-14-8-5-13(6-9-14)7-10-15(17)18/h5-6,8-9,16H,1-4,7,10-12H2,(H,17,18). The summed E-state index contributed by atoms with van der Waals surface area (Å²) in [6, 6.07) is 7.57. The number of ether oxygens (including phenoxy) is 1. The minimum atomic E-state index is -0.775. The molecule has 0 bridgehead atoms. The lowest BCUT2D eigenvalue weighted by Gasteiger charge is -2.07. The molecule has 1 rings (SSSR count). The molecule has 0 aliphatic heterocycles. The Morgan fingerprint density at radius 3 is 2.37 bits per heavy atom. The number of rotatable bonds is 10. The third kappa shape index (κ3) is 7.47. The summed E-state index contributed by atoms with van der Waals surface area (Å²) in [6.07, 6.45) is 4.66. The second-order valence-electron chi connectivity index (χ2n) is 4.52. The predicted octanol–water partition coefficient (Wildman–Crippen LogP) is 2.64. The molecule has 0 aliphatic carbocycles. The van der Waals surface area contributed by atoms with E-state index in [0.717, 1.165) is 37.0 Å². The SMILES string of the molecule is O=C(O)CCc1ccc(OCCCCCCO)cc1. The maximum atomic E-state index is 10.4. The molecular weight excluding hydrogens is 244 g/mol. The van der Waals surface area contributed by atoms with Crippen molar-refractivity contribution in [3.8, 4) is 5.75 Å². The Morgan fingerprint density at radius 2 is 1.74 bits per heavy atom. The number of aliphatic hydroxyl groups excluding tert-OH is 1. The quantitative estimate of drug-likeness (QED) is 0.639. The van der Waals surface area contributed by atoms with Crippen molar-refractivity contribution in [1.29, 1.82) is 0 Å². The molecule has 1 aromatic rings. The van der Waals surface area contributed by atoms with Crippen molar-refractivity contribution in [1.82, 2.24) is 0 Å². The van der Waals surface area contributed by atoms with E-state index in [2.05, 4.69) is 0 Å². The molecule has 19 heavy (non-hydrogen) atoms. The van der Waals surface area contributed by atoms with Gasteiger partial charge in [-0.3, -0.25) is 4.79 Å². The summed E-state index contributed by atoms with van der Waals surface area (Å²) in [7, 11) is 0. The van der Waals surface area contributed by atoms with Gasteiger partial charge in [0.25, 0.3) is 0 Å². The molecule has 0 heterocycles. The van der Waals surface area contributed by atoms with Crippen LogP contribution >= 0.6 is 0 Å². The molecule has 0 amide bonds. The molecule has 0 spiro atoms. The summed E-state index contributed by atoms with van der Waals surface area (Å²) in [5.74, 6) is 0.0458. The topological polar surface area (TPSA) is 66.8 Å². The highest BCUT2D eigenvalue weighted by molar-refractivity contribution is 5.67. The molecule has 0 aromatic heterocycles. The summed E-state index contributed by atoms with van der Waals surface area (Å²) >= 11 is 0. The maximum absolute atomic E-state index is 10.4. The van der Waals surface area contributed by atoms with Gasteiger partial charge in [0.05, 0.1) is 6.61 Å². The van der Waals surface area contributed by atoms with E-state index in [0.29, 0.717) is 13.0 Å². The first-order valence-electron chi connectivity index (χ1n) is 6.77. The van der Waals surface area contributed by atoms with Crippen LogP contribution in [0.25, 0.3) is 0 Å². The van der Waals surface area contributed by atoms with E-state index in [4.69, 9.17) is 14.9 Å². The zero-order valence-corrected chi connectivity index (χ0v) is 11.2. The van der Waals surface area contributed by atoms with E-state index in [-0.39, 0.29) is 13.0 Å². The number of aliphatic carboxylic acids is 1. The van der Waals surface area contributed by atoms with Gasteiger partial charge in [-0.1, -0.05) is 18.6 Å². The highest BCUT2D eigenvalue weighted by atomic mass is 16.5. The van der Waals surface area contributed by atoms with E-state index in [9.17, 15) is 4.79 Å². The Labute approximate surface area is 114 Å². The van der Waals surface area contributed by atoms with Gasteiger partial charge in [0.15, 0.2) is 0 Å². The molecule has 0 aliphatic rings. The molecule has 2 N–H and O–H groups in total. The lowest BCUT2D eigenvalue weighted by atomic mass is 10.1. The predicted molar refractivity (Wildman–Crippen MR) is 73.4 cm³/mol. The monoisotopic (exact) mass is 266 g/mol. The zero-order chi connectivity index (χ0) is 13.9. The fraction of sp³-hybridized carbons (Fsp3) is 0.533. The van der Waals surface area contributed by atoms with Crippen LogP contribution in [0.2, 0.25) is 0 Å². The van der Waals surface area contributed by atoms with E-state index in [1.165, 1.54) is 0 Å². The van der Waals surface area contributed by atoms with Crippen LogP contribution in [0.3, 0.4) is 0 Å². The van der Waals surface area contributed by atoms with Gasteiger partial charge in [0.2, 0.25) is 0 Å². The Bertz CT molecular complexity index is 359. The van der Waals surface area contributed by atoms with Gasteiger partial charge in [-0.05, 0) is 43.4 Å². The highest BCUT2D eigenvalue weighted by Crippen LogP contribution is 2.14. The maximum Gasteiger partial charge on any atom is 0.303 e. The minimum Gasteiger partial charge on any atom is -0.494 e. The first kappa shape index (κ1) is 15.5. The number of carboxylic acids is 1. The fourth-order valence-electron chi connectivity index (χ4n) is 1.76. The van der Waals surface area contributed by atoms with E-state index in [1.54, 1.807) is 0 Å². The van der Waals surface area contributed by atoms with Gasteiger partial charge < -0.3 is 14.9 Å². The zero-order valence-electron chi connectivity index (χ0n) is 11.2. The molecule has 0 unspecified atom stereocenters. The van der Waals surface area contributed by atoms with Gasteiger partial charge in [-0.25, -0.2) is 0 Å². The molecule has 106 valence electrons. The van der Waals surface area contributed by atoms with E-state index >= 15 is 0 Å². The lowest BCUT2D eigenvalue weighted by molar-refractivity contribution is -0.136. The third-order valence-corrected chi connectivity index (χ3v) is 2.87. The number of hydrogen-bond donors (Lipinski definition) is 2. The van der Waals surface area contributed by atoms with Crippen molar-refractivity contribution in [2.75, 3.05) is 13.2 Å². The van der Waals surface area contributed by atoms with Crippen LogP contribution < -0.4 is 4.74 Å². The van der Waals surface area contributed by atoms with Crippen LogP contribution in [0.5, 0.6) is 5.75 Å². The Kier molecular flexibility index (Phi) is 7.66. The Morgan fingerprint density at radius 1 is 1.05 bits per heavy atom. The normalized spacial score (nSPS) is 10.4. The average molecular weight is 266 g/mol. The second-order valence-corrected chi connectivity index (χ2v) is 4.52. The van der Waals surface area contributed by atoms with E-state index < -0.39 is 5.97 Å². The number of benzene rings is 1. The van der Waals surface area contributed by atoms with Crippen molar-refractivity contribution >= 4 is 5.97 Å². The number of carboxylic acid groups (broad SMARTS) is 1. The van der Waals surface area contributed by atoms with Crippen molar-refractivity contribution in [3.05, 3.63) is 29.8 Å². The summed E-state index contributed by atoms with van der Waals surface area (Å²) in [5, 5.41) is 17.2. The minimum absolute atomic E-state index is 0.158. The number of hydrogen-bond acceptors (Lipinski definition) is 3. The van der Waals surface area contributed by atoms with Gasteiger partial charge >= 0.3 is 5.97 Å². The van der Waals surface area contributed by atoms with Crippen molar-refractivity contribution < 1.29 is 19.7 Å². The van der Waals surface area contributed by atoms with Crippen LogP contribution in [0, 0.1) is 0 Å². The molecule has 0 saturated carbocycles. The highest BCUT2D eigenvalue weighted by Gasteiger charge is 2.00. The average Bonchev–Trinajstić information content (AvgIpc) is 2.41. The van der Waals surface area contributed by atoms with Gasteiger partial charge in [0, 0.05) is 13.0 Å². The van der Waals surface area contributed by atoms with Gasteiger partial charge in [-0.2, -0.15) is 0 Å². The third-order valence-electron chi connectivity index (χ3n) is 2.87. The number of carbonyl (C=O) groups is 1. The molecule has 0 saturated heterocycles. The van der Waals surface area contributed by atoms with E-state index in [1.807, 2.05) is 24.3 Å². The fourth-order valence-corrected chi connectivity index (χ4v) is 1.76. The lowest BCUT2D eigenvalue weighted by Crippen LogP contribution is -1.99. The Balaban J connectivity index is 2.19. The van der Waals surface area contributed by atoms with Crippen molar-refractivity contribution in [3.63, 3.8) is 0 Å². The summed E-state index contributed by atoms with van der Waals surface area (Å²) < 4.78 is 5.59. The van der Waals surface area contributed by atoms with Gasteiger partial charge in [-0.15, -0.1) is 0 Å². The molecule has 4 nitrogen and oxygen atoms in total. The van der Waals surface area contributed by atoms with Crippen molar-refractivity contribution in [2.24, 2.45) is 0 Å². The van der Waals surface area contributed by atoms with Crippen LogP contribution in [0.4, 0.5) is 0 Å². The van der Waals surface area contributed by atoms with Crippen LogP contribution in [-0.4, -0.2) is 29.4 Å². The number of unbranched alkanes of at least 4 members (excludes halogenated alkanes) is 3. The van der Waals surface area contributed by atoms with Crippen LogP contribution in [0.1, 0.15) is 37.7 Å². The molecular formula is C15H22O4. The van der Waals surface area contributed by atoms with Crippen molar-refractivity contribution in [2.45, 2.75) is 38.5 Å². The molecule has 0 fully saturated rings. The van der Waals surface area contributed by atoms with Gasteiger partial charge in [0.1, 0.15) is 5.75 Å². The summed E-state index contributed by atoms with van der Waals surface area (Å²) in [6.45, 7) is 0.943. The smallest absolute Gasteiger partial charge is 0.303 e. The summed E-state index contributed by atoms with van der Waals surface area (Å²) in [5.41, 5.74) is 1.01. The number of aliphatic hydroxyl groups is 1. The molecule has 1 aromatic carbocycles. The molecule has 0 atom stereocenters. The van der Waals surface area contributed by atoms with Crippen LogP contribution in [-0.2, 0) is 11.2 Å². The molecule has 0 radical (unpaired) electrons.